The fraction of sp³-hybridized carbons (Fsp3) is 0.364. The van der Waals surface area contributed by atoms with Crippen LogP contribution >= 0.6 is 0 Å². The summed E-state index contributed by atoms with van der Waals surface area (Å²) in [4.78, 5) is 27.3. The number of anilines is 1. The fourth-order valence-corrected chi connectivity index (χ4v) is 3.10. The molecule has 0 atom stereocenters. The van der Waals surface area contributed by atoms with E-state index in [9.17, 15) is 9.59 Å². The number of benzene rings is 2. The predicted molar refractivity (Wildman–Crippen MR) is 110 cm³/mol. The van der Waals surface area contributed by atoms with Crippen molar-refractivity contribution >= 4 is 17.5 Å². The number of nitrogens with one attached hydrogen (secondary N) is 2. The first kappa shape index (κ1) is 20.0. The first-order valence-corrected chi connectivity index (χ1v) is 9.75. The maximum Gasteiger partial charge on any atom is 0.255 e. The van der Waals surface area contributed by atoms with Crippen LogP contribution in [0.15, 0.2) is 48.5 Å². The summed E-state index contributed by atoms with van der Waals surface area (Å²) in [5.74, 6) is -0.410. The number of carbonyl (C=O) groups is 2. The number of para-hydroxylation sites is 1. The average Bonchev–Trinajstić information content (AvgIpc) is 2.73. The Bertz CT molecular complexity index is 799. The molecule has 0 aliphatic carbocycles. The van der Waals surface area contributed by atoms with Crippen molar-refractivity contribution in [3.63, 3.8) is 0 Å². The van der Waals surface area contributed by atoms with Crippen molar-refractivity contribution in [3.05, 3.63) is 65.2 Å². The molecule has 1 aliphatic heterocycles. The van der Waals surface area contributed by atoms with E-state index in [-0.39, 0.29) is 11.8 Å². The van der Waals surface area contributed by atoms with Crippen molar-refractivity contribution in [1.82, 2.24) is 10.2 Å². The molecule has 0 spiro atoms. The fourth-order valence-electron chi connectivity index (χ4n) is 3.10. The lowest BCUT2D eigenvalue weighted by atomic mass is 10.1. The number of nitrogens with zero attached hydrogens (tertiary/aromatic N) is 1. The number of hydrogen-bond donors (Lipinski definition) is 2. The normalized spacial score (nSPS) is 14.5. The quantitative estimate of drug-likeness (QED) is 0.774. The third-order valence-electron chi connectivity index (χ3n) is 4.68. The molecule has 0 bridgehead atoms. The van der Waals surface area contributed by atoms with E-state index in [1.54, 1.807) is 24.3 Å². The second kappa shape index (κ2) is 10.0. The zero-order valence-corrected chi connectivity index (χ0v) is 16.2. The molecule has 1 heterocycles. The lowest BCUT2D eigenvalue weighted by Gasteiger charge is -2.26. The Morgan fingerprint density at radius 3 is 2.43 bits per heavy atom. The van der Waals surface area contributed by atoms with Gasteiger partial charge in [0, 0.05) is 31.7 Å². The van der Waals surface area contributed by atoms with Gasteiger partial charge in [0.15, 0.2) is 0 Å². The van der Waals surface area contributed by atoms with Crippen molar-refractivity contribution in [2.24, 2.45) is 0 Å². The summed E-state index contributed by atoms with van der Waals surface area (Å²) in [6.45, 7) is 6.85. The Kier molecular flexibility index (Phi) is 7.17. The molecule has 6 heteroatoms. The highest BCUT2D eigenvalue weighted by Gasteiger charge is 2.14. The highest BCUT2D eigenvalue weighted by molar-refractivity contribution is 6.09. The van der Waals surface area contributed by atoms with Gasteiger partial charge in [-0.2, -0.15) is 0 Å². The molecule has 1 aliphatic rings. The van der Waals surface area contributed by atoms with Gasteiger partial charge in [-0.1, -0.05) is 31.2 Å². The van der Waals surface area contributed by atoms with Gasteiger partial charge in [-0.3, -0.25) is 14.5 Å². The molecule has 2 N–H and O–H groups in total. The molecule has 1 fully saturated rings. The van der Waals surface area contributed by atoms with Crippen LogP contribution in [0.5, 0.6) is 0 Å². The second-order valence-electron chi connectivity index (χ2n) is 6.84. The highest BCUT2D eigenvalue weighted by Crippen LogP contribution is 2.17. The number of carbonyl (C=O) groups excluding carboxylic acids is 2. The van der Waals surface area contributed by atoms with E-state index < -0.39 is 0 Å². The van der Waals surface area contributed by atoms with Crippen LogP contribution < -0.4 is 10.6 Å². The van der Waals surface area contributed by atoms with Gasteiger partial charge >= 0.3 is 0 Å². The van der Waals surface area contributed by atoms with Crippen molar-refractivity contribution < 1.29 is 14.3 Å². The monoisotopic (exact) mass is 381 g/mol. The maximum absolute atomic E-state index is 12.6. The lowest BCUT2D eigenvalue weighted by molar-refractivity contribution is 0.0342. The molecular weight excluding hydrogens is 354 g/mol. The molecule has 1 saturated heterocycles. The van der Waals surface area contributed by atoms with Crippen molar-refractivity contribution in [2.75, 3.05) is 38.2 Å². The van der Waals surface area contributed by atoms with E-state index in [0.29, 0.717) is 23.4 Å². The van der Waals surface area contributed by atoms with Crippen LogP contribution in [0.3, 0.4) is 0 Å². The average molecular weight is 381 g/mol. The first-order chi connectivity index (χ1) is 13.7. The minimum atomic E-state index is -0.228. The Hall–Kier alpha value is -2.70. The van der Waals surface area contributed by atoms with Gasteiger partial charge in [0.25, 0.3) is 11.8 Å². The molecule has 0 saturated carbocycles. The molecule has 0 unspecified atom stereocenters. The molecule has 2 aromatic rings. The van der Waals surface area contributed by atoms with Crippen LogP contribution in [0, 0.1) is 0 Å². The van der Waals surface area contributed by atoms with Crippen molar-refractivity contribution in [2.45, 2.75) is 19.9 Å². The minimum absolute atomic E-state index is 0.182. The van der Waals surface area contributed by atoms with Crippen molar-refractivity contribution in [3.8, 4) is 0 Å². The van der Waals surface area contributed by atoms with Gasteiger partial charge in [-0.25, -0.2) is 0 Å². The number of rotatable bonds is 7. The van der Waals surface area contributed by atoms with Gasteiger partial charge in [0.05, 0.1) is 24.5 Å². The van der Waals surface area contributed by atoms with Gasteiger partial charge < -0.3 is 15.4 Å². The highest BCUT2D eigenvalue weighted by atomic mass is 16.5. The van der Waals surface area contributed by atoms with Crippen LogP contribution in [0.1, 0.15) is 39.6 Å². The van der Waals surface area contributed by atoms with E-state index in [0.717, 1.165) is 44.8 Å². The summed E-state index contributed by atoms with van der Waals surface area (Å²) in [6, 6.07) is 14.6. The number of morpholine rings is 1. The van der Waals surface area contributed by atoms with Gasteiger partial charge in [-0.15, -0.1) is 0 Å². The summed E-state index contributed by atoms with van der Waals surface area (Å²) in [5.41, 5.74) is 2.71. The smallest absolute Gasteiger partial charge is 0.255 e. The molecule has 3 rings (SSSR count). The van der Waals surface area contributed by atoms with Crippen LogP contribution in [0.2, 0.25) is 0 Å². The zero-order valence-electron chi connectivity index (χ0n) is 16.2. The van der Waals surface area contributed by atoms with E-state index in [1.165, 1.54) is 0 Å². The Morgan fingerprint density at radius 1 is 1.00 bits per heavy atom. The Morgan fingerprint density at radius 2 is 1.71 bits per heavy atom. The van der Waals surface area contributed by atoms with Crippen LogP contribution in [-0.2, 0) is 11.3 Å². The van der Waals surface area contributed by atoms with Gasteiger partial charge in [-0.05, 0) is 36.2 Å². The summed E-state index contributed by atoms with van der Waals surface area (Å²) >= 11 is 0. The molecule has 0 aromatic heterocycles. The number of ether oxygens (including phenoxy) is 1. The lowest BCUT2D eigenvalue weighted by Crippen LogP contribution is -2.35. The van der Waals surface area contributed by atoms with Gasteiger partial charge in [0.1, 0.15) is 0 Å². The molecule has 2 aromatic carbocycles. The third-order valence-corrected chi connectivity index (χ3v) is 4.68. The summed E-state index contributed by atoms with van der Waals surface area (Å²) in [5, 5.41) is 5.70. The maximum atomic E-state index is 12.6. The van der Waals surface area contributed by atoms with Crippen LogP contribution in [0.25, 0.3) is 0 Å². The van der Waals surface area contributed by atoms with E-state index in [4.69, 9.17) is 4.74 Å². The van der Waals surface area contributed by atoms with E-state index in [1.807, 2.05) is 31.2 Å². The van der Waals surface area contributed by atoms with Crippen LogP contribution in [-0.4, -0.2) is 49.6 Å². The van der Waals surface area contributed by atoms with Crippen molar-refractivity contribution in [1.29, 1.82) is 0 Å². The SMILES string of the molecule is CCCNC(=O)c1ccccc1NC(=O)c1ccc(CN2CCOCC2)cc1. The summed E-state index contributed by atoms with van der Waals surface area (Å²) < 4.78 is 5.37. The minimum Gasteiger partial charge on any atom is -0.379 e. The molecular formula is C22H27N3O3. The molecule has 6 nitrogen and oxygen atoms in total. The molecule has 28 heavy (non-hydrogen) atoms. The molecule has 2 amide bonds. The summed E-state index contributed by atoms with van der Waals surface area (Å²) in [6.07, 6.45) is 0.858. The van der Waals surface area contributed by atoms with Gasteiger partial charge in [0.2, 0.25) is 0 Å². The standard InChI is InChI=1S/C22H27N3O3/c1-2-11-23-22(27)19-5-3-4-6-20(19)24-21(26)18-9-7-17(8-10-18)16-25-12-14-28-15-13-25/h3-10H,2,11-16H2,1H3,(H,23,27)(H,24,26). The van der Waals surface area contributed by atoms with E-state index >= 15 is 0 Å². The molecule has 148 valence electrons. The number of hydrogen-bond acceptors (Lipinski definition) is 4. The number of amides is 2. The summed E-state index contributed by atoms with van der Waals surface area (Å²) in [7, 11) is 0. The second-order valence-corrected chi connectivity index (χ2v) is 6.84. The predicted octanol–water partition coefficient (Wildman–Crippen LogP) is 2.91. The Balaban J connectivity index is 1.64. The van der Waals surface area contributed by atoms with E-state index in [2.05, 4.69) is 15.5 Å². The zero-order chi connectivity index (χ0) is 19.8. The largest absolute Gasteiger partial charge is 0.379 e. The third kappa shape index (κ3) is 5.41. The molecule has 0 radical (unpaired) electrons. The topological polar surface area (TPSA) is 70.7 Å². The van der Waals surface area contributed by atoms with Crippen LogP contribution in [0.4, 0.5) is 5.69 Å². The Labute approximate surface area is 165 Å². The first-order valence-electron chi connectivity index (χ1n) is 9.75.